The number of hydrogen-bond donors (Lipinski definition) is 2. The molecule has 0 spiro atoms. The molecule has 0 saturated carbocycles. The minimum atomic E-state index is -0.187. The molecule has 0 heterocycles. The maximum Gasteiger partial charge on any atom is 0.248 e. The molecule has 0 aliphatic heterocycles. The number of aliphatic hydroxyl groups excluding tert-OH is 1. The van der Waals surface area contributed by atoms with Crippen LogP contribution in [0.2, 0.25) is 0 Å². The fourth-order valence-electron chi connectivity index (χ4n) is 1.19. The van der Waals surface area contributed by atoms with Crippen LogP contribution in [0.3, 0.4) is 0 Å². The van der Waals surface area contributed by atoms with Crippen molar-refractivity contribution in [3.63, 3.8) is 0 Å². The molecule has 3 heteroatoms. The maximum absolute atomic E-state index is 11.4. The Hall–Kier alpha value is -1.87. The summed E-state index contributed by atoms with van der Waals surface area (Å²) in [4.78, 5) is 11.4. The minimum absolute atomic E-state index is 0.0296. The lowest BCUT2D eigenvalue weighted by atomic mass is 10.2. The minimum Gasteiger partial charge on any atom is -0.392 e. The van der Waals surface area contributed by atoms with Crippen LogP contribution in [0.5, 0.6) is 0 Å². The molecule has 1 aromatic rings. The average Bonchev–Trinajstić information content (AvgIpc) is 2.29. The van der Waals surface area contributed by atoms with E-state index in [1.807, 2.05) is 13.0 Å². The van der Waals surface area contributed by atoms with Gasteiger partial charge in [-0.2, -0.15) is 0 Å². The number of rotatable bonds is 4. The molecule has 0 atom stereocenters. The van der Waals surface area contributed by atoms with E-state index in [9.17, 15) is 4.79 Å². The zero-order chi connectivity index (χ0) is 11.8. The molecule has 0 aliphatic rings. The quantitative estimate of drug-likeness (QED) is 0.600. The smallest absolute Gasteiger partial charge is 0.248 e. The van der Waals surface area contributed by atoms with Crippen LogP contribution in [-0.4, -0.2) is 11.0 Å². The van der Waals surface area contributed by atoms with E-state index in [1.54, 1.807) is 36.4 Å². The normalized spacial score (nSPS) is 11.1. The van der Waals surface area contributed by atoms with Gasteiger partial charge in [-0.3, -0.25) is 4.79 Å². The lowest BCUT2D eigenvalue weighted by Gasteiger charge is -2.03. The zero-order valence-electron chi connectivity index (χ0n) is 9.18. The van der Waals surface area contributed by atoms with E-state index in [0.717, 1.165) is 5.56 Å². The van der Waals surface area contributed by atoms with Crippen molar-refractivity contribution in [3.05, 3.63) is 54.1 Å². The van der Waals surface area contributed by atoms with E-state index in [4.69, 9.17) is 5.11 Å². The Kier molecular flexibility index (Phi) is 5.02. The Labute approximate surface area is 95.1 Å². The van der Waals surface area contributed by atoms with Gasteiger partial charge in [0.05, 0.1) is 6.61 Å². The van der Waals surface area contributed by atoms with Gasteiger partial charge in [0.15, 0.2) is 0 Å². The molecule has 0 aromatic heterocycles. The summed E-state index contributed by atoms with van der Waals surface area (Å²) in [5, 5.41) is 11.6. The summed E-state index contributed by atoms with van der Waals surface area (Å²) in [6.45, 7) is 1.85. The van der Waals surface area contributed by atoms with E-state index in [1.165, 1.54) is 6.08 Å². The standard InChI is InChI=1S/C13H15NO2/c1-2-3-4-8-13(16)14-12-7-5-6-11(9-12)10-15/h2-9,15H,10H2,1H3,(H,14,16). The molecule has 0 radical (unpaired) electrons. The second-order valence-electron chi connectivity index (χ2n) is 3.23. The van der Waals surface area contributed by atoms with Gasteiger partial charge in [0.1, 0.15) is 0 Å². The van der Waals surface area contributed by atoms with Gasteiger partial charge in [-0.25, -0.2) is 0 Å². The highest BCUT2D eigenvalue weighted by atomic mass is 16.3. The molecule has 0 bridgehead atoms. The molecular formula is C13H15NO2. The van der Waals surface area contributed by atoms with Gasteiger partial charge in [-0.15, -0.1) is 0 Å². The van der Waals surface area contributed by atoms with Crippen LogP contribution in [0.15, 0.2) is 48.6 Å². The third-order valence-electron chi connectivity index (χ3n) is 1.93. The third kappa shape index (κ3) is 4.11. The van der Waals surface area contributed by atoms with Crippen molar-refractivity contribution in [2.75, 3.05) is 5.32 Å². The second-order valence-corrected chi connectivity index (χ2v) is 3.23. The number of carbonyl (C=O) groups excluding carboxylic acids is 1. The molecule has 0 aliphatic carbocycles. The first-order valence-electron chi connectivity index (χ1n) is 5.06. The molecule has 2 N–H and O–H groups in total. The van der Waals surface area contributed by atoms with E-state index < -0.39 is 0 Å². The molecule has 1 amide bonds. The number of aliphatic hydroxyl groups is 1. The van der Waals surface area contributed by atoms with Crippen molar-refractivity contribution < 1.29 is 9.90 Å². The summed E-state index contributed by atoms with van der Waals surface area (Å²) in [5.41, 5.74) is 1.46. The van der Waals surface area contributed by atoms with Crippen LogP contribution in [0.25, 0.3) is 0 Å². The monoisotopic (exact) mass is 217 g/mol. The van der Waals surface area contributed by atoms with Crippen molar-refractivity contribution in [1.82, 2.24) is 0 Å². The number of amides is 1. The second kappa shape index (κ2) is 6.58. The van der Waals surface area contributed by atoms with E-state index in [2.05, 4.69) is 5.32 Å². The molecule has 84 valence electrons. The van der Waals surface area contributed by atoms with Crippen LogP contribution in [0.1, 0.15) is 12.5 Å². The fraction of sp³-hybridized carbons (Fsp3) is 0.154. The Morgan fingerprint density at radius 2 is 2.25 bits per heavy atom. The van der Waals surface area contributed by atoms with Crippen molar-refractivity contribution >= 4 is 11.6 Å². The van der Waals surface area contributed by atoms with Crippen molar-refractivity contribution in [2.24, 2.45) is 0 Å². The molecule has 0 saturated heterocycles. The highest BCUT2D eigenvalue weighted by molar-refractivity contribution is 5.99. The Morgan fingerprint density at radius 1 is 1.44 bits per heavy atom. The first kappa shape index (κ1) is 12.2. The van der Waals surface area contributed by atoms with Gasteiger partial charge in [0.2, 0.25) is 5.91 Å². The highest BCUT2D eigenvalue weighted by Gasteiger charge is 1.97. The van der Waals surface area contributed by atoms with Gasteiger partial charge in [-0.05, 0) is 24.6 Å². The number of carbonyl (C=O) groups is 1. The Morgan fingerprint density at radius 3 is 2.94 bits per heavy atom. The SMILES string of the molecule is CC=CC=CC(=O)Nc1cccc(CO)c1. The average molecular weight is 217 g/mol. The number of nitrogens with one attached hydrogen (secondary N) is 1. The van der Waals surface area contributed by atoms with Gasteiger partial charge in [-0.1, -0.05) is 30.4 Å². The molecule has 0 fully saturated rings. The first-order chi connectivity index (χ1) is 7.76. The van der Waals surface area contributed by atoms with Crippen LogP contribution < -0.4 is 5.32 Å². The summed E-state index contributed by atoms with van der Waals surface area (Å²) in [7, 11) is 0. The first-order valence-corrected chi connectivity index (χ1v) is 5.06. The maximum atomic E-state index is 11.4. The summed E-state index contributed by atoms with van der Waals surface area (Å²) in [5.74, 6) is -0.187. The molecule has 1 rings (SSSR count). The largest absolute Gasteiger partial charge is 0.392 e. The highest BCUT2D eigenvalue weighted by Crippen LogP contribution is 2.10. The van der Waals surface area contributed by atoms with Crippen molar-refractivity contribution in [3.8, 4) is 0 Å². The summed E-state index contributed by atoms with van der Waals surface area (Å²) < 4.78 is 0. The van der Waals surface area contributed by atoms with Crippen LogP contribution >= 0.6 is 0 Å². The van der Waals surface area contributed by atoms with Crippen molar-refractivity contribution in [1.29, 1.82) is 0 Å². The van der Waals surface area contributed by atoms with Crippen LogP contribution in [0.4, 0.5) is 5.69 Å². The van der Waals surface area contributed by atoms with E-state index >= 15 is 0 Å². The van der Waals surface area contributed by atoms with E-state index in [-0.39, 0.29) is 12.5 Å². The summed E-state index contributed by atoms with van der Waals surface area (Å²) in [6, 6.07) is 7.10. The zero-order valence-corrected chi connectivity index (χ0v) is 9.18. The number of allylic oxidation sites excluding steroid dienone is 3. The van der Waals surface area contributed by atoms with Gasteiger partial charge in [0.25, 0.3) is 0 Å². The Balaban J connectivity index is 2.62. The van der Waals surface area contributed by atoms with Crippen LogP contribution in [0, 0.1) is 0 Å². The van der Waals surface area contributed by atoms with Gasteiger partial charge in [0, 0.05) is 11.8 Å². The molecule has 1 aromatic carbocycles. The number of anilines is 1. The lowest BCUT2D eigenvalue weighted by molar-refractivity contribution is -0.111. The molecular weight excluding hydrogens is 202 g/mol. The van der Waals surface area contributed by atoms with Gasteiger partial charge < -0.3 is 10.4 Å². The summed E-state index contributed by atoms with van der Waals surface area (Å²) in [6.07, 6.45) is 6.75. The van der Waals surface area contributed by atoms with E-state index in [0.29, 0.717) is 5.69 Å². The molecule has 3 nitrogen and oxygen atoms in total. The topological polar surface area (TPSA) is 49.3 Å². The molecule has 0 unspecified atom stereocenters. The fourth-order valence-corrected chi connectivity index (χ4v) is 1.19. The van der Waals surface area contributed by atoms with Gasteiger partial charge >= 0.3 is 0 Å². The number of benzene rings is 1. The summed E-state index contributed by atoms with van der Waals surface area (Å²) >= 11 is 0. The number of hydrogen-bond acceptors (Lipinski definition) is 2. The van der Waals surface area contributed by atoms with Crippen molar-refractivity contribution in [2.45, 2.75) is 13.5 Å². The lowest BCUT2D eigenvalue weighted by Crippen LogP contribution is -2.07. The molecule has 16 heavy (non-hydrogen) atoms. The Bertz CT molecular complexity index is 408. The van der Waals surface area contributed by atoms with Crippen LogP contribution in [-0.2, 0) is 11.4 Å². The third-order valence-corrected chi connectivity index (χ3v) is 1.93. The predicted molar refractivity (Wildman–Crippen MR) is 64.9 cm³/mol. The predicted octanol–water partition coefficient (Wildman–Crippen LogP) is 2.25.